The molecule has 1 N–H and O–H groups in total. The van der Waals surface area contributed by atoms with Crippen LogP contribution in [0.1, 0.15) is 29.4 Å². The van der Waals surface area contributed by atoms with Crippen LogP contribution in [0.3, 0.4) is 0 Å². The SMILES string of the molecule is CCOc1ccc(NC(=O)Cc2c(C)nn(-c3nc(-c4ccc(C)cc4)cs3)c2C)cc1. The third-order valence-electron chi connectivity index (χ3n) is 5.25. The summed E-state index contributed by atoms with van der Waals surface area (Å²) >= 11 is 1.54. The summed E-state index contributed by atoms with van der Waals surface area (Å²) < 4.78 is 7.27. The molecule has 0 unspecified atom stereocenters. The molecule has 0 aliphatic rings. The Morgan fingerprint density at radius 1 is 1.06 bits per heavy atom. The summed E-state index contributed by atoms with van der Waals surface area (Å²) in [5.41, 5.74) is 6.63. The molecule has 4 rings (SSSR count). The van der Waals surface area contributed by atoms with Gasteiger partial charge < -0.3 is 10.1 Å². The highest BCUT2D eigenvalue weighted by Crippen LogP contribution is 2.27. The number of thiazole rings is 1. The number of benzene rings is 2. The predicted molar refractivity (Wildman–Crippen MR) is 129 cm³/mol. The van der Waals surface area contributed by atoms with Crippen molar-refractivity contribution < 1.29 is 9.53 Å². The van der Waals surface area contributed by atoms with Crippen molar-refractivity contribution >= 4 is 22.9 Å². The van der Waals surface area contributed by atoms with Crippen LogP contribution in [0.5, 0.6) is 5.75 Å². The molecule has 0 radical (unpaired) electrons. The van der Waals surface area contributed by atoms with Crippen molar-refractivity contribution in [2.45, 2.75) is 34.1 Å². The van der Waals surface area contributed by atoms with Gasteiger partial charge in [-0.3, -0.25) is 4.79 Å². The number of nitrogens with zero attached hydrogens (tertiary/aromatic N) is 3. The zero-order valence-corrected chi connectivity index (χ0v) is 19.5. The van der Waals surface area contributed by atoms with E-state index in [1.807, 2.05) is 55.1 Å². The molecule has 0 fully saturated rings. The number of aryl methyl sites for hydroxylation is 2. The van der Waals surface area contributed by atoms with Gasteiger partial charge in [-0.05, 0) is 52.0 Å². The zero-order valence-electron chi connectivity index (χ0n) is 18.7. The maximum absolute atomic E-state index is 12.7. The normalized spacial score (nSPS) is 10.9. The molecular weight excluding hydrogens is 420 g/mol. The van der Waals surface area contributed by atoms with Gasteiger partial charge in [0.05, 0.1) is 24.4 Å². The van der Waals surface area contributed by atoms with Gasteiger partial charge in [-0.2, -0.15) is 5.10 Å². The standard InChI is InChI=1S/C25H26N4O2S/c1-5-31-21-12-10-20(11-13-21)26-24(30)14-22-17(3)28-29(18(22)4)25-27-23(15-32-25)19-8-6-16(2)7-9-19/h6-13,15H,5,14H2,1-4H3,(H,26,30). The molecule has 0 aliphatic carbocycles. The molecule has 32 heavy (non-hydrogen) atoms. The van der Waals surface area contributed by atoms with Gasteiger partial charge in [0, 0.05) is 27.9 Å². The Bertz CT molecular complexity index is 1220. The van der Waals surface area contributed by atoms with Crippen LogP contribution in [-0.4, -0.2) is 27.3 Å². The van der Waals surface area contributed by atoms with Crippen LogP contribution >= 0.6 is 11.3 Å². The fourth-order valence-corrected chi connectivity index (χ4v) is 4.34. The van der Waals surface area contributed by atoms with E-state index in [2.05, 4.69) is 41.6 Å². The molecule has 2 aromatic carbocycles. The number of carbonyl (C=O) groups excluding carboxylic acids is 1. The smallest absolute Gasteiger partial charge is 0.228 e. The van der Waals surface area contributed by atoms with E-state index in [-0.39, 0.29) is 12.3 Å². The van der Waals surface area contributed by atoms with Crippen molar-refractivity contribution in [2.75, 3.05) is 11.9 Å². The second-order valence-electron chi connectivity index (χ2n) is 7.62. The number of amides is 1. The Labute approximate surface area is 191 Å². The zero-order chi connectivity index (χ0) is 22.7. The first-order valence-corrected chi connectivity index (χ1v) is 11.4. The topological polar surface area (TPSA) is 69.0 Å². The Morgan fingerprint density at radius 3 is 2.47 bits per heavy atom. The van der Waals surface area contributed by atoms with Gasteiger partial charge in [-0.15, -0.1) is 11.3 Å². The molecule has 0 spiro atoms. The molecule has 164 valence electrons. The maximum atomic E-state index is 12.7. The first-order chi connectivity index (χ1) is 15.4. The van der Waals surface area contributed by atoms with E-state index in [1.165, 1.54) is 5.56 Å². The molecule has 2 heterocycles. The summed E-state index contributed by atoms with van der Waals surface area (Å²) in [5.74, 6) is 0.700. The van der Waals surface area contributed by atoms with Gasteiger partial charge in [0.1, 0.15) is 5.75 Å². The van der Waals surface area contributed by atoms with Crippen LogP contribution in [0, 0.1) is 20.8 Å². The summed E-state index contributed by atoms with van der Waals surface area (Å²) in [7, 11) is 0. The second-order valence-corrected chi connectivity index (χ2v) is 8.46. The van der Waals surface area contributed by atoms with E-state index in [1.54, 1.807) is 11.3 Å². The lowest BCUT2D eigenvalue weighted by Gasteiger charge is -2.07. The minimum absolute atomic E-state index is 0.0839. The quantitative estimate of drug-likeness (QED) is 0.407. The number of carbonyl (C=O) groups is 1. The molecular formula is C25H26N4O2S. The highest BCUT2D eigenvalue weighted by Gasteiger charge is 2.18. The monoisotopic (exact) mass is 446 g/mol. The first kappa shape index (κ1) is 21.8. The van der Waals surface area contributed by atoms with Crippen molar-refractivity contribution in [1.82, 2.24) is 14.8 Å². The summed E-state index contributed by atoms with van der Waals surface area (Å²) in [6.07, 6.45) is 0.251. The number of hydrogen-bond donors (Lipinski definition) is 1. The third kappa shape index (κ3) is 4.73. The Morgan fingerprint density at radius 2 is 1.78 bits per heavy atom. The minimum atomic E-state index is -0.0839. The first-order valence-electron chi connectivity index (χ1n) is 10.6. The van der Waals surface area contributed by atoms with Gasteiger partial charge in [0.25, 0.3) is 0 Å². The van der Waals surface area contributed by atoms with E-state index >= 15 is 0 Å². The summed E-state index contributed by atoms with van der Waals surface area (Å²) in [4.78, 5) is 17.4. The van der Waals surface area contributed by atoms with Crippen molar-refractivity contribution in [1.29, 1.82) is 0 Å². The number of anilines is 1. The third-order valence-corrected chi connectivity index (χ3v) is 6.06. The number of hydrogen-bond acceptors (Lipinski definition) is 5. The lowest BCUT2D eigenvalue weighted by molar-refractivity contribution is -0.115. The molecule has 6 nitrogen and oxygen atoms in total. The van der Waals surface area contributed by atoms with E-state index in [9.17, 15) is 4.79 Å². The molecule has 1 amide bonds. The van der Waals surface area contributed by atoms with Gasteiger partial charge in [0.2, 0.25) is 11.0 Å². The Hall–Kier alpha value is -3.45. The van der Waals surface area contributed by atoms with Crippen LogP contribution in [0.2, 0.25) is 0 Å². The minimum Gasteiger partial charge on any atom is -0.494 e. The largest absolute Gasteiger partial charge is 0.494 e. The van der Waals surface area contributed by atoms with E-state index < -0.39 is 0 Å². The van der Waals surface area contributed by atoms with E-state index in [0.717, 1.165) is 44.8 Å². The van der Waals surface area contributed by atoms with Gasteiger partial charge in [-0.25, -0.2) is 9.67 Å². The summed E-state index contributed by atoms with van der Waals surface area (Å²) in [6, 6.07) is 15.7. The molecule has 2 aromatic heterocycles. The van der Waals surface area contributed by atoms with E-state index in [0.29, 0.717) is 6.61 Å². The van der Waals surface area contributed by atoms with Crippen molar-refractivity contribution in [3.05, 3.63) is 76.4 Å². The van der Waals surface area contributed by atoms with Crippen LogP contribution in [-0.2, 0) is 11.2 Å². The number of rotatable bonds is 7. The van der Waals surface area contributed by atoms with Crippen molar-refractivity contribution in [3.8, 4) is 22.1 Å². The van der Waals surface area contributed by atoms with Crippen LogP contribution in [0.15, 0.2) is 53.9 Å². The fourth-order valence-electron chi connectivity index (χ4n) is 3.50. The van der Waals surface area contributed by atoms with E-state index in [4.69, 9.17) is 9.72 Å². The molecule has 0 bridgehead atoms. The van der Waals surface area contributed by atoms with Crippen molar-refractivity contribution in [3.63, 3.8) is 0 Å². The van der Waals surface area contributed by atoms with Gasteiger partial charge in [-0.1, -0.05) is 29.8 Å². The molecule has 0 saturated heterocycles. The second kappa shape index (κ2) is 9.36. The lowest BCUT2D eigenvalue weighted by Crippen LogP contribution is -2.15. The fraction of sp³-hybridized carbons (Fsp3) is 0.240. The lowest BCUT2D eigenvalue weighted by atomic mass is 10.1. The predicted octanol–water partition coefficient (Wildman–Crippen LogP) is 5.50. The molecule has 0 saturated carbocycles. The van der Waals surface area contributed by atoms with Crippen LogP contribution < -0.4 is 10.1 Å². The molecule has 0 aliphatic heterocycles. The molecule has 0 atom stereocenters. The van der Waals surface area contributed by atoms with Crippen molar-refractivity contribution in [2.24, 2.45) is 0 Å². The highest BCUT2D eigenvalue weighted by atomic mass is 32.1. The maximum Gasteiger partial charge on any atom is 0.228 e. The van der Waals surface area contributed by atoms with Gasteiger partial charge in [0.15, 0.2) is 0 Å². The average Bonchev–Trinajstić information content (AvgIpc) is 3.36. The Kier molecular flexibility index (Phi) is 6.37. The summed E-state index contributed by atoms with van der Waals surface area (Å²) in [5, 5.41) is 10.4. The number of aromatic nitrogens is 3. The number of nitrogens with one attached hydrogen (secondary N) is 1. The number of ether oxygens (including phenoxy) is 1. The van der Waals surface area contributed by atoms with Gasteiger partial charge >= 0.3 is 0 Å². The van der Waals surface area contributed by atoms with Crippen LogP contribution in [0.25, 0.3) is 16.4 Å². The molecule has 7 heteroatoms. The van der Waals surface area contributed by atoms with Crippen LogP contribution in [0.4, 0.5) is 5.69 Å². The highest BCUT2D eigenvalue weighted by molar-refractivity contribution is 7.12. The average molecular weight is 447 g/mol. The summed E-state index contributed by atoms with van der Waals surface area (Å²) in [6.45, 7) is 8.53. The Balaban J connectivity index is 1.49. The molecule has 4 aromatic rings.